The fraction of sp³-hybridized carbons (Fsp3) is 0.250. The van der Waals surface area contributed by atoms with Crippen molar-refractivity contribution in [3.8, 4) is 5.95 Å². The van der Waals surface area contributed by atoms with E-state index in [2.05, 4.69) is 20.6 Å². The lowest BCUT2D eigenvalue weighted by molar-refractivity contribution is -0.115. The first-order chi connectivity index (χ1) is 12.8. The number of aryl methyl sites for hydroxylation is 2. The summed E-state index contributed by atoms with van der Waals surface area (Å²) in [4.78, 5) is 12.3. The number of benzene rings is 1. The van der Waals surface area contributed by atoms with Crippen LogP contribution in [-0.4, -0.2) is 35.8 Å². The first-order valence-corrected chi connectivity index (χ1v) is 8.81. The maximum Gasteiger partial charge on any atom is 0.271 e. The van der Waals surface area contributed by atoms with Gasteiger partial charge in [-0.15, -0.1) is 10.2 Å². The molecule has 0 aliphatic rings. The third-order valence-electron chi connectivity index (χ3n) is 3.68. The van der Waals surface area contributed by atoms with Crippen molar-refractivity contribution in [3.05, 3.63) is 47.3 Å². The molecule has 0 radical (unpaired) electrons. The number of nitrogen functional groups attached to an aromatic ring is 1. The summed E-state index contributed by atoms with van der Waals surface area (Å²) in [6.07, 6.45) is 0. The van der Waals surface area contributed by atoms with Crippen LogP contribution in [0.4, 0.5) is 14.5 Å². The molecule has 0 aliphatic carbocycles. The monoisotopic (exact) mass is 393 g/mol. The van der Waals surface area contributed by atoms with Gasteiger partial charge in [0.15, 0.2) is 11.6 Å². The lowest BCUT2D eigenvalue weighted by atomic mass is 10.3. The van der Waals surface area contributed by atoms with Crippen molar-refractivity contribution < 1.29 is 13.6 Å². The van der Waals surface area contributed by atoms with Crippen LogP contribution in [0.3, 0.4) is 0 Å². The van der Waals surface area contributed by atoms with Crippen molar-refractivity contribution in [1.29, 1.82) is 0 Å². The second-order valence-electron chi connectivity index (χ2n) is 5.87. The Bertz CT molecular complexity index is 1000. The third kappa shape index (κ3) is 3.92. The number of aromatic nitrogens is 5. The van der Waals surface area contributed by atoms with Crippen LogP contribution in [0.5, 0.6) is 0 Å². The number of nitrogens with one attached hydrogen (secondary N) is 1. The summed E-state index contributed by atoms with van der Waals surface area (Å²) in [5.74, 6) is 3.92. The molecule has 3 N–H and O–H groups in total. The van der Waals surface area contributed by atoms with Gasteiger partial charge < -0.3 is 11.2 Å². The van der Waals surface area contributed by atoms with E-state index in [-0.39, 0.29) is 5.69 Å². The highest BCUT2D eigenvalue weighted by atomic mass is 32.2. The summed E-state index contributed by atoms with van der Waals surface area (Å²) in [5, 5.41) is 14.5. The van der Waals surface area contributed by atoms with Gasteiger partial charge >= 0.3 is 0 Å². The van der Waals surface area contributed by atoms with Crippen LogP contribution in [0.25, 0.3) is 5.95 Å². The summed E-state index contributed by atoms with van der Waals surface area (Å²) in [6, 6.07) is 5.01. The summed E-state index contributed by atoms with van der Waals surface area (Å²) in [6.45, 7) is 5.35. The molecular formula is C16H17F2N7OS. The van der Waals surface area contributed by atoms with Crippen molar-refractivity contribution in [1.82, 2.24) is 24.7 Å². The van der Waals surface area contributed by atoms with Gasteiger partial charge in [-0.05, 0) is 39.0 Å². The molecule has 0 saturated carbocycles. The van der Waals surface area contributed by atoms with E-state index in [0.29, 0.717) is 11.1 Å². The fourth-order valence-electron chi connectivity index (χ4n) is 2.35. The Kier molecular flexibility index (Phi) is 5.13. The molecular weight excluding hydrogens is 376 g/mol. The van der Waals surface area contributed by atoms with Gasteiger partial charge in [0.05, 0.1) is 10.9 Å². The highest BCUT2D eigenvalue weighted by molar-refractivity contribution is 8.00. The van der Waals surface area contributed by atoms with E-state index in [0.717, 1.165) is 35.3 Å². The van der Waals surface area contributed by atoms with E-state index in [1.807, 2.05) is 19.9 Å². The smallest absolute Gasteiger partial charge is 0.271 e. The zero-order chi connectivity index (χ0) is 19.7. The van der Waals surface area contributed by atoms with Crippen LogP contribution in [-0.2, 0) is 4.79 Å². The molecule has 11 heteroatoms. The maximum atomic E-state index is 13.3. The molecule has 2 aromatic heterocycles. The molecule has 0 unspecified atom stereocenters. The van der Waals surface area contributed by atoms with Gasteiger partial charge in [-0.25, -0.2) is 18.1 Å². The van der Waals surface area contributed by atoms with E-state index in [1.54, 1.807) is 11.6 Å². The second kappa shape index (κ2) is 7.35. The van der Waals surface area contributed by atoms with Crippen molar-refractivity contribution in [3.63, 3.8) is 0 Å². The molecule has 1 amide bonds. The van der Waals surface area contributed by atoms with Gasteiger partial charge in [0.25, 0.3) is 5.95 Å². The van der Waals surface area contributed by atoms with E-state index in [9.17, 15) is 13.6 Å². The molecule has 3 aromatic rings. The zero-order valence-corrected chi connectivity index (χ0v) is 15.6. The molecule has 0 aliphatic heterocycles. The van der Waals surface area contributed by atoms with Gasteiger partial charge in [0.1, 0.15) is 0 Å². The van der Waals surface area contributed by atoms with E-state index in [4.69, 9.17) is 5.84 Å². The third-order valence-corrected chi connectivity index (χ3v) is 4.74. The molecule has 27 heavy (non-hydrogen) atoms. The molecule has 1 aromatic carbocycles. The highest BCUT2D eigenvalue weighted by Crippen LogP contribution is 2.23. The highest BCUT2D eigenvalue weighted by Gasteiger charge is 2.21. The van der Waals surface area contributed by atoms with Crippen molar-refractivity contribution in [2.45, 2.75) is 31.2 Å². The zero-order valence-electron chi connectivity index (χ0n) is 14.8. The SMILES string of the molecule is Cc1cc(C)n(-c2nnc(S[C@@H](C)C(=O)Nc3ccc(F)c(F)c3)n2N)n1. The average molecular weight is 393 g/mol. The molecule has 0 fully saturated rings. The topological polar surface area (TPSA) is 104 Å². The van der Waals surface area contributed by atoms with Gasteiger partial charge in [-0.3, -0.25) is 4.79 Å². The van der Waals surface area contributed by atoms with Crippen LogP contribution < -0.4 is 11.2 Å². The number of carbonyl (C=O) groups excluding carboxylic acids is 1. The summed E-state index contributed by atoms with van der Waals surface area (Å²) >= 11 is 1.08. The van der Waals surface area contributed by atoms with E-state index < -0.39 is 22.8 Å². The van der Waals surface area contributed by atoms with E-state index in [1.165, 1.54) is 10.7 Å². The lowest BCUT2D eigenvalue weighted by Crippen LogP contribution is -2.24. The molecule has 2 heterocycles. The predicted molar refractivity (Wildman–Crippen MR) is 97.1 cm³/mol. The summed E-state index contributed by atoms with van der Waals surface area (Å²) < 4.78 is 29.0. The number of nitrogens with zero attached hydrogens (tertiary/aromatic N) is 5. The van der Waals surface area contributed by atoms with Crippen molar-refractivity contribution >= 4 is 23.4 Å². The van der Waals surface area contributed by atoms with Crippen LogP contribution in [0.1, 0.15) is 18.3 Å². The Morgan fingerprint density at radius 2 is 1.96 bits per heavy atom. The number of anilines is 1. The van der Waals surface area contributed by atoms with Crippen LogP contribution in [0, 0.1) is 25.5 Å². The number of carbonyl (C=O) groups is 1. The van der Waals surface area contributed by atoms with Gasteiger partial charge in [0, 0.05) is 17.4 Å². The Morgan fingerprint density at radius 1 is 1.22 bits per heavy atom. The van der Waals surface area contributed by atoms with E-state index >= 15 is 0 Å². The molecule has 3 rings (SSSR count). The van der Waals surface area contributed by atoms with Crippen LogP contribution in [0.15, 0.2) is 29.4 Å². The standard InChI is InChI=1S/C16H17F2N7OS/c1-8-6-9(2)25(23-8)15-21-22-16(24(15)19)27-10(3)14(26)20-11-4-5-12(17)13(18)7-11/h4-7,10H,19H2,1-3H3,(H,20,26)/t10-/m0/s1. The van der Waals surface area contributed by atoms with Crippen molar-refractivity contribution in [2.75, 3.05) is 11.2 Å². The largest absolute Gasteiger partial charge is 0.334 e. The first kappa shape index (κ1) is 18.8. The van der Waals surface area contributed by atoms with Crippen molar-refractivity contribution in [2.24, 2.45) is 0 Å². The molecule has 8 nitrogen and oxygen atoms in total. The first-order valence-electron chi connectivity index (χ1n) is 7.93. The van der Waals surface area contributed by atoms with Gasteiger partial charge in [-0.1, -0.05) is 11.8 Å². The number of amides is 1. The molecule has 0 saturated heterocycles. The number of nitrogens with two attached hydrogens (primary N) is 1. The minimum Gasteiger partial charge on any atom is -0.334 e. The molecule has 142 valence electrons. The van der Waals surface area contributed by atoms with Gasteiger partial charge in [-0.2, -0.15) is 5.10 Å². The number of rotatable bonds is 5. The molecule has 1 atom stereocenters. The number of hydrogen-bond donors (Lipinski definition) is 2. The van der Waals surface area contributed by atoms with Crippen LogP contribution >= 0.6 is 11.8 Å². The average Bonchev–Trinajstić information content (AvgIpc) is 3.12. The normalized spacial score (nSPS) is 12.2. The molecule has 0 bridgehead atoms. The number of hydrogen-bond acceptors (Lipinski definition) is 6. The quantitative estimate of drug-likeness (QED) is 0.509. The number of thioether (sulfide) groups is 1. The van der Waals surface area contributed by atoms with Crippen LogP contribution in [0.2, 0.25) is 0 Å². The Balaban J connectivity index is 1.72. The minimum atomic E-state index is -1.04. The maximum absolute atomic E-state index is 13.3. The predicted octanol–water partition coefficient (Wildman–Crippen LogP) is 2.19. The Morgan fingerprint density at radius 3 is 2.59 bits per heavy atom. The fourth-order valence-corrected chi connectivity index (χ4v) is 3.12. The second-order valence-corrected chi connectivity index (χ2v) is 7.18. The Hall–Kier alpha value is -2.95. The summed E-state index contributed by atoms with van der Waals surface area (Å²) in [5.41, 5.74) is 1.81. The van der Waals surface area contributed by atoms with Gasteiger partial charge in [0.2, 0.25) is 11.1 Å². The lowest BCUT2D eigenvalue weighted by Gasteiger charge is -2.12. The number of halogens is 2. The molecule has 0 spiro atoms. The Labute approximate surface area is 157 Å². The minimum absolute atomic E-state index is 0.156. The summed E-state index contributed by atoms with van der Waals surface area (Å²) in [7, 11) is 0.